The first kappa shape index (κ1) is 16.8. The van der Waals surface area contributed by atoms with Crippen LogP contribution in [0.1, 0.15) is 18.9 Å². The van der Waals surface area contributed by atoms with Crippen molar-refractivity contribution in [2.45, 2.75) is 25.3 Å². The number of carbonyl (C=O) groups is 3. The van der Waals surface area contributed by atoms with Gasteiger partial charge in [-0.1, -0.05) is 12.1 Å². The van der Waals surface area contributed by atoms with E-state index < -0.39 is 23.4 Å². The molecule has 7 heteroatoms. The summed E-state index contributed by atoms with van der Waals surface area (Å²) in [5.41, 5.74) is 0.00545. The lowest BCUT2D eigenvalue weighted by atomic mass is 9.93. The van der Waals surface area contributed by atoms with Crippen molar-refractivity contribution in [3.05, 3.63) is 29.8 Å². The fourth-order valence-corrected chi connectivity index (χ4v) is 2.44. The number of nitrogens with zero attached hydrogens (tertiary/aromatic N) is 1. The molecule has 23 heavy (non-hydrogen) atoms. The van der Waals surface area contributed by atoms with Crippen LogP contribution in [0.2, 0.25) is 0 Å². The molecule has 1 fully saturated rings. The van der Waals surface area contributed by atoms with E-state index in [1.165, 1.54) is 7.11 Å². The number of methoxy groups -OCH3 is 2. The Morgan fingerprint density at radius 1 is 1.22 bits per heavy atom. The zero-order valence-corrected chi connectivity index (χ0v) is 13.4. The first-order valence-electron chi connectivity index (χ1n) is 7.23. The molecule has 0 bridgehead atoms. The van der Waals surface area contributed by atoms with Gasteiger partial charge in [0.15, 0.2) is 0 Å². The van der Waals surface area contributed by atoms with Crippen molar-refractivity contribution in [1.82, 2.24) is 10.2 Å². The van der Waals surface area contributed by atoms with Crippen LogP contribution >= 0.6 is 0 Å². The lowest BCUT2D eigenvalue weighted by Crippen LogP contribution is -2.44. The Bertz CT molecular complexity index is 613. The largest absolute Gasteiger partial charge is 0.497 e. The van der Waals surface area contributed by atoms with Crippen LogP contribution < -0.4 is 10.1 Å². The number of hydrogen-bond acceptors (Lipinski definition) is 5. The molecule has 1 N–H and O–H groups in total. The second-order valence-electron chi connectivity index (χ2n) is 5.58. The van der Waals surface area contributed by atoms with Gasteiger partial charge in [0.2, 0.25) is 0 Å². The summed E-state index contributed by atoms with van der Waals surface area (Å²) >= 11 is 0. The first-order chi connectivity index (χ1) is 10.9. The smallest absolute Gasteiger partial charge is 0.325 e. The van der Waals surface area contributed by atoms with Crippen molar-refractivity contribution < 1.29 is 23.9 Å². The van der Waals surface area contributed by atoms with Crippen molar-refractivity contribution >= 4 is 17.9 Å². The summed E-state index contributed by atoms with van der Waals surface area (Å²) in [6.45, 7) is 1.29. The summed E-state index contributed by atoms with van der Waals surface area (Å²) < 4.78 is 9.60. The lowest BCUT2D eigenvalue weighted by molar-refractivity contribution is -0.145. The number of aryl methyl sites for hydroxylation is 1. The number of urea groups is 1. The molecule has 0 aliphatic carbocycles. The van der Waals surface area contributed by atoms with E-state index in [0.717, 1.165) is 16.2 Å². The number of benzene rings is 1. The van der Waals surface area contributed by atoms with Crippen LogP contribution in [0.15, 0.2) is 24.3 Å². The summed E-state index contributed by atoms with van der Waals surface area (Å²) in [5, 5.41) is 2.66. The summed E-state index contributed by atoms with van der Waals surface area (Å²) in [4.78, 5) is 36.5. The topological polar surface area (TPSA) is 84.9 Å². The van der Waals surface area contributed by atoms with E-state index in [4.69, 9.17) is 4.74 Å². The van der Waals surface area contributed by atoms with Crippen molar-refractivity contribution in [3.8, 4) is 5.75 Å². The molecule has 3 amide bonds. The highest BCUT2D eigenvalue weighted by atomic mass is 16.5. The van der Waals surface area contributed by atoms with Gasteiger partial charge < -0.3 is 14.8 Å². The minimum atomic E-state index is -1.02. The maximum atomic E-state index is 12.4. The second-order valence-corrected chi connectivity index (χ2v) is 5.58. The van der Waals surface area contributed by atoms with Gasteiger partial charge in [0.05, 0.1) is 14.2 Å². The number of esters is 1. The molecule has 124 valence electrons. The predicted molar refractivity (Wildman–Crippen MR) is 82.0 cm³/mol. The highest BCUT2D eigenvalue weighted by Gasteiger charge is 2.47. The number of ether oxygens (including phenoxy) is 2. The Kier molecular flexibility index (Phi) is 4.88. The summed E-state index contributed by atoms with van der Waals surface area (Å²) in [7, 11) is 2.81. The van der Waals surface area contributed by atoms with E-state index in [1.807, 2.05) is 24.3 Å². The van der Waals surface area contributed by atoms with Crippen LogP contribution in [0.5, 0.6) is 5.75 Å². The lowest BCUT2D eigenvalue weighted by Gasteiger charge is -2.21. The molecular formula is C16H20N2O5. The van der Waals surface area contributed by atoms with Gasteiger partial charge in [0.1, 0.15) is 17.8 Å². The molecule has 1 saturated heterocycles. The molecule has 1 heterocycles. The maximum Gasteiger partial charge on any atom is 0.325 e. The van der Waals surface area contributed by atoms with E-state index in [2.05, 4.69) is 10.1 Å². The standard InChI is InChI=1S/C16H20N2O5/c1-16(9-8-11-4-6-12(22-2)7-5-11)14(20)18(15(21)17-16)10-13(19)23-3/h4-7H,8-10H2,1-3H3,(H,17,21)/t16-/m1/s1. The molecule has 1 aliphatic rings. The van der Waals surface area contributed by atoms with Crippen LogP contribution in [0.4, 0.5) is 4.79 Å². The molecule has 1 aromatic rings. The number of amides is 3. The van der Waals surface area contributed by atoms with Crippen molar-refractivity contribution in [2.75, 3.05) is 20.8 Å². The van der Waals surface area contributed by atoms with E-state index in [-0.39, 0.29) is 6.54 Å². The SMILES string of the molecule is COC(=O)CN1C(=O)N[C@](C)(CCc2ccc(OC)cc2)C1=O. The number of hydrogen-bond donors (Lipinski definition) is 1. The average molecular weight is 320 g/mol. The molecule has 1 aromatic carbocycles. The Morgan fingerprint density at radius 3 is 2.43 bits per heavy atom. The van der Waals surface area contributed by atoms with Crippen molar-refractivity contribution in [1.29, 1.82) is 0 Å². The number of carbonyl (C=O) groups excluding carboxylic acids is 3. The van der Waals surface area contributed by atoms with E-state index in [0.29, 0.717) is 12.8 Å². The molecular weight excluding hydrogens is 300 g/mol. The Balaban J connectivity index is 2.02. The third-order valence-corrected chi connectivity index (χ3v) is 3.93. The van der Waals surface area contributed by atoms with Crippen LogP contribution in [-0.2, 0) is 20.7 Å². The quantitative estimate of drug-likeness (QED) is 0.627. The molecule has 1 atom stereocenters. The Morgan fingerprint density at radius 2 is 1.87 bits per heavy atom. The normalized spacial score (nSPS) is 20.4. The fourth-order valence-electron chi connectivity index (χ4n) is 2.44. The molecule has 1 aliphatic heterocycles. The van der Waals surface area contributed by atoms with Gasteiger partial charge in [-0.15, -0.1) is 0 Å². The molecule has 7 nitrogen and oxygen atoms in total. The third kappa shape index (κ3) is 3.61. The molecule has 0 spiro atoms. The average Bonchev–Trinajstić information content (AvgIpc) is 2.77. The van der Waals surface area contributed by atoms with Gasteiger partial charge in [-0.3, -0.25) is 14.5 Å². The maximum absolute atomic E-state index is 12.4. The molecule has 0 radical (unpaired) electrons. The highest BCUT2D eigenvalue weighted by molar-refractivity contribution is 6.08. The zero-order valence-electron chi connectivity index (χ0n) is 13.4. The van der Waals surface area contributed by atoms with Gasteiger partial charge in [0, 0.05) is 0 Å². The van der Waals surface area contributed by atoms with Gasteiger partial charge in [-0.05, 0) is 37.5 Å². The summed E-state index contributed by atoms with van der Waals surface area (Å²) in [5.74, 6) is -0.288. The molecule has 0 saturated carbocycles. The summed E-state index contributed by atoms with van der Waals surface area (Å²) in [6.07, 6.45) is 1.04. The Hall–Kier alpha value is -2.57. The third-order valence-electron chi connectivity index (χ3n) is 3.93. The molecule has 2 rings (SSSR count). The minimum absolute atomic E-state index is 0.376. The van der Waals surface area contributed by atoms with Gasteiger partial charge in [-0.25, -0.2) is 4.79 Å². The van der Waals surface area contributed by atoms with Crippen molar-refractivity contribution in [3.63, 3.8) is 0 Å². The number of imide groups is 1. The van der Waals surface area contributed by atoms with E-state index >= 15 is 0 Å². The predicted octanol–water partition coefficient (Wildman–Crippen LogP) is 1.11. The fraction of sp³-hybridized carbons (Fsp3) is 0.438. The van der Waals surface area contributed by atoms with Crippen molar-refractivity contribution in [2.24, 2.45) is 0 Å². The van der Waals surface area contributed by atoms with Crippen LogP contribution in [0, 0.1) is 0 Å². The first-order valence-corrected chi connectivity index (χ1v) is 7.23. The van der Waals surface area contributed by atoms with E-state index in [1.54, 1.807) is 14.0 Å². The van der Waals surface area contributed by atoms with Gasteiger partial charge in [0.25, 0.3) is 5.91 Å². The van der Waals surface area contributed by atoms with Gasteiger partial charge in [-0.2, -0.15) is 0 Å². The highest BCUT2D eigenvalue weighted by Crippen LogP contribution is 2.24. The second kappa shape index (κ2) is 6.68. The molecule has 0 unspecified atom stereocenters. The monoisotopic (exact) mass is 320 g/mol. The Labute approximate surface area is 134 Å². The van der Waals surface area contributed by atoms with E-state index in [9.17, 15) is 14.4 Å². The van der Waals surface area contributed by atoms with Crippen LogP contribution in [0.3, 0.4) is 0 Å². The van der Waals surface area contributed by atoms with Gasteiger partial charge >= 0.3 is 12.0 Å². The minimum Gasteiger partial charge on any atom is -0.497 e. The molecule has 0 aromatic heterocycles. The number of nitrogens with one attached hydrogen (secondary N) is 1. The van der Waals surface area contributed by atoms with Crippen LogP contribution in [0.25, 0.3) is 0 Å². The van der Waals surface area contributed by atoms with Crippen LogP contribution in [-0.4, -0.2) is 49.1 Å². The zero-order chi connectivity index (χ0) is 17.0. The summed E-state index contributed by atoms with van der Waals surface area (Å²) in [6, 6.07) is 6.94. The number of rotatable bonds is 6.